The largest absolute Gasteiger partial charge is 0.573 e. The molecule has 9 nitrogen and oxygen atoms in total. The van der Waals surface area contributed by atoms with Crippen LogP contribution in [-0.4, -0.2) is 74.6 Å². The first-order valence-electron chi connectivity index (χ1n) is 11.9. The predicted molar refractivity (Wildman–Crippen MR) is 135 cm³/mol. The zero-order valence-electron chi connectivity index (χ0n) is 21.7. The van der Waals surface area contributed by atoms with Crippen LogP contribution in [-0.2, 0) is 23.8 Å². The Labute approximate surface area is 223 Å². The van der Waals surface area contributed by atoms with Crippen molar-refractivity contribution in [1.82, 2.24) is 9.97 Å². The second-order valence-corrected chi connectivity index (χ2v) is 8.64. The van der Waals surface area contributed by atoms with Crippen LogP contribution in [0.3, 0.4) is 0 Å². The molecule has 1 aliphatic rings. The van der Waals surface area contributed by atoms with Crippen LogP contribution in [0.4, 0.5) is 13.2 Å². The molecule has 0 spiro atoms. The van der Waals surface area contributed by atoms with Crippen molar-refractivity contribution in [3.63, 3.8) is 0 Å². The van der Waals surface area contributed by atoms with Crippen LogP contribution in [0.2, 0.25) is 0 Å². The summed E-state index contributed by atoms with van der Waals surface area (Å²) in [6, 6.07) is 12.8. The minimum Gasteiger partial charge on any atom is -0.406 e. The van der Waals surface area contributed by atoms with Gasteiger partial charge in [0.1, 0.15) is 18.0 Å². The summed E-state index contributed by atoms with van der Waals surface area (Å²) in [4.78, 5) is 14.3. The van der Waals surface area contributed by atoms with E-state index in [-0.39, 0.29) is 18.0 Å². The summed E-state index contributed by atoms with van der Waals surface area (Å²) >= 11 is 0. The van der Waals surface area contributed by atoms with Gasteiger partial charge >= 0.3 is 6.36 Å². The van der Waals surface area contributed by atoms with Gasteiger partial charge in [0.15, 0.2) is 11.9 Å². The number of oxime groups is 1. The molecule has 4 rings (SSSR count). The van der Waals surface area contributed by atoms with Gasteiger partial charge < -0.3 is 28.5 Å². The SMILES string of the molecule is CO[C@@H]1[C@@H](OC)[C@H](C)O[C@@H](O/N=C/c2ccc(-c3ncc(-c4ccc(OC(F)(F)F)cc4)cn3)cc2)[C@@H]1OC. The van der Waals surface area contributed by atoms with E-state index in [9.17, 15) is 13.2 Å². The van der Waals surface area contributed by atoms with E-state index >= 15 is 0 Å². The van der Waals surface area contributed by atoms with E-state index in [4.69, 9.17) is 23.8 Å². The van der Waals surface area contributed by atoms with E-state index in [0.717, 1.165) is 11.1 Å². The number of hydrogen-bond donors (Lipinski definition) is 0. The first kappa shape index (κ1) is 28.4. The van der Waals surface area contributed by atoms with E-state index in [1.54, 1.807) is 39.9 Å². The number of halogens is 3. The Kier molecular flexibility index (Phi) is 9.12. The minimum absolute atomic E-state index is 0.292. The maximum absolute atomic E-state index is 12.3. The normalized spacial score (nSPS) is 23.6. The molecule has 5 atom stereocenters. The molecule has 1 aliphatic heterocycles. The van der Waals surface area contributed by atoms with Gasteiger partial charge in [-0.25, -0.2) is 9.97 Å². The van der Waals surface area contributed by atoms with Gasteiger partial charge in [0.05, 0.1) is 12.3 Å². The van der Waals surface area contributed by atoms with E-state index < -0.39 is 24.9 Å². The Morgan fingerprint density at radius 3 is 1.95 bits per heavy atom. The van der Waals surface area contributed by atoms with Gasteiger partial charge in [-0.1, -0.05) is 41.6 Å². The number of methoxy groups -OCH3 is 3. The molecule has 0 bridgehead atoms. The summed E-state index contributed by atoms with van der Waals surface area (Å²) in [5.74, 6) is 0.192. The highest BCUT2D eigenvalue weighted by molar-refractivity contribution is 5.80. The van der Waals surface area contributed by atoms with Crippen molar-refractivity contribution in [2.45, 2.75) is 44.0 Å². The summed E-state index contributed by atoms with van der Waals surface area (Å²) in [6.07, 6.45) is -2.31. The van der Waals surface area contributed by atoms with E-state index in [1.165, 1.54) is 24.3 Å². The van der Waals surface area contributed by atoms with Crippen LogP contribution in [0.25, 0.3) is 22.5 Å². The van der Waals surface area contributed by atoms with Crippen molar-refractivity contribution in [3.05, 3.63) is 66.5 Å². The van der Waals surface area contributed by atoms with E-state index in [0.29, 0.717) is 17.0 Å². The average Bonchev–Trinajstić information content (AvgIpc) is 2.93. The zero-order chi connectivity index (χ0) is 28.0. The molecule has 208 valence electrons. The van der Waals surface area contributed by atoms with Crippen molar-refractivity contribution in [1.29, 1.82) is 0 Å². The van der Waals surface area contributed by atoms with Crippen LogP contribution >= 0.6 is 0 Å². The monoisotopic (exact) mass is 547 g/mol. The fourth-order valence-corrected chi connectivity index (χ4v) is 4.24. The number of alkyl halides is 3. The van der Waals surface area contributed by atoms with Gasteiger partial charge in [0.25, 0.3) is 6.29 Å². The third-order valence-electron chi connectivity index (χ3n) is 6.15. The number of aromatic nitrogens is 2. The van der Waals surface area contributed by atoms with Gasteiger partial charge in [-0.2, -0.15) is 0 Å². The second-order valence-electron chi connectivity index (χ2n) is 8.64. The van der Waals surface area contributed by atoms with Crippen molar-refractivity contribution in [3.8, 4) is 28.3 Å². The van der Waals surface area contributed by atoms with Gasteiger partial charge in [-0.3, -0.25) is 0 Å². The molecular weight excluding hydrogens is 519 g/mol. The van der Waals surface area contributed by atoms with Gasteiger partial charge in [-0.15, -0.1) is 13.2 Å². The lowest BCUT2D eigenvalue weighted by Gasteiger charge is -2.42. The Hall–Kier alpha value is -3.58. The van der Waals surface area contributed by atoms with Gasteiger partial charge in [-0.05, 0) is 30.2 Å². The third-order valence-corrected chi connectivity index (χ3v) is 6.15. The van der Waals surface area contributed by atoms with Crippen LogP contribution in [0.15, 0.2) is 66.1 Å². The van der Waals surface area contributed by atoms with Crippen LogP contribution < -0.4 is 4.74 Å². The molecule has 1 saturated heterocycles. The van der Waals surface area contributed by atoms with E-state index in [2.05, 4.69) is 19.9 Å². The molecule has 2 heterocycles. The Morgan fingerprint density at radius 2 is 1.38 bits per heavy atom. The lowest BCUT2D eigenvalue weighted by atomic mass is 9.99. The molecule has 3 aromatic rings. The quantitative estimate of drug-likeness (QED) is 0.277. The number of benzene rings is 2. The smallest absolute Gasteiger partial charge is 0.406 e. The minimum atomic E-state index is -4.74. The molecule has 0 aliphatic carbocycles. The number of nitrogens with zero attached hydrogens (tertiary/aromatic N) is 3. The Morgan fingerprint density at radius 1 is 0.795 bits per heavy atom. The highest BCUT2D eigenvalue weighted by Crippen LogP contribution is 2.28. The van der Waals surface area contributed by atoms with Crippen molar-refractivity contribution >= 4 is 6.21 Å². The standard InChI is InChI=1S/C27H28F3N3O6/c1-16-22(34-2)23(35-3)24(36-4)26(37-16)39-33-13-17-5-7-19(8-6-17)25-31-14-20(15-32-25)18-9-11-21(12-10-18)38-27(28,29)30/h5-16,22-24,26H,1-4H3/b33-13+/t16-,22-,23+,24+,26-/m0/s1. The highest BCUT2D eigenvalue weighted by Gasteiger charge is 2.46. The third kappa shape index (κ3) is 7.09. The lowest BCUT2D eigenvalue weighted by molar-refractivity contribution is -0.305. The molecular formula is C27H28F3N3O6. The van der Waals surface area contributed by atoms with Gasteiger partial charge in [0.2, 0.25) is 0 Å². The van der Waals surface area contributed by atoms with E-state index in [1.807, 2.05) is 31.2 Å². The van der Waals surface area contributed by atoms with Crippen molar-refractivity contribution in [2.24, 2.45) is 5.16 Å². The molecule has 39 heavy (non-hydrogen) atoms. The topological polar surface area (TPSA) is 93.5 Å². The van der Waals surface area contributed by atoms with Crippen molar-refractivity contribution < 1.29 is 41.7 Å². The first-order chi connectivity index (χ1) is 18.7. The summed E-state index contributed by atoms with van der Waals surface area (Å²) in [5, 5.41) is 4.06. The predicted octanol–water partition coefficient (Wildman–Crippen LogP) is 4.85. The first-order valence-corrected chi connectivity index (χ1v) is 11.9. The second kappa shape index (κ2) is 12.5. The summed E-state index contributed by atoms with van der Waals surface area (Å²) in [7, 11) is 4.71. The average molecular weight is 548 g/mol. The lowest BCUT2D eigenvalue weighted by Crippen LogP contribution is -2.59. The maximum Gasteiger partial charge on any atom is 0.573 e. The molecule has 2 aromatic carbocycles. The summed E-state index contributed by atoms with van der Waals surface area (Å²) in [6.45, 7) is 1.86. The maximum atomic E-state index is 12.3. The zero-order valence-corrected chi connectivity index (χ0v) is 21.7. The number of rotatable bonds is 9. The molecule has 0 saturated carbocycles. The summed E-state index contributed by atoms with van der Waals surface area (Å²) < 4.78 is 63.4. The Bertz CT molecular complexity index is 1220. The molecule has 0 radical (unpaired) electrons. The summed E-state index contributed by atoms with van der Waals surface area (Å²) in [5.41, 5.74) is 2.85. The fraction of sp³-hybridized carbons (Fsp3) is 0.370. The molecule has 0 unspecified atom stereocenters. The molecule has 12 heteroatoms. The highest BCUT2D eigenvalue weighted by atomic mass is 19.4. The van der Waals surface area contributed by atoms with Crippen LogP contribution in [0, 0.1) is 0 Å². The molecule has 1 fully saturated rings. The van der Waals surface area contributed by atoms with Crippen LogP contribution in [0.5, 0.6) is 5.75 Å². The fourth-order valence-electron chi connectivity index (χ4n) is 4.24. The number of ether oxygens (including phenoxy) is 5. The van der Waals surface area contributed by atoms with Crippen molar-refractivity contribution in [2.75, 3.05) is 21.3 Å². The number of hydrogen-bond acceptors (Lipinski definition) is 9. The molecule has 0 amide bonds. The van der Waals surface area contributed by atoms with Gasteiger partial charge in [0, 0.05) is 44.8 Å². The Balaban J connectivity index is 1.37. The molecule has 1 aromatic heterocycles. The van der Waals surface area contributed by atoms with Crippen LogP contribution in [0.1, 0.15) is 12.5 Å². The molecule has 0 N–H and O–H groups in total.